The van der Waals surface area contributed by atoms with E-state index < -0.39 is 5.60 Å². The second-order valence-electron chi connectivity index (χ2n) is 5.81. The van der Waals surface area contributed by atoms with E-state index in [1.807, 2.05) is 52.0 Å². The van der Waals surface area contributed by atoms with Crippen molar-refractivity contribution in [2.24, 2.45) is 0 Å². The van der Waals surface area contributed by atoms with Crippen LogP contribution in [-0.4, -0.2) is 29.7 Å². The first-order chi connectivity index (χ1) is 11.6. The largest absolute Gasteiger partial charge is 0.492 e. The van der Waals surface area contributed by atoms with Crippen molar-refractivity contribution in [3.05, 3.63) is 30.5 Å². The van der Waals surface area contributed by atoms with Crippen molar-refractivity contribution in [3.8, 4) is 5.75 Å². The third-order valence-corrected chi connectivity index (χ3v) is 3.95. The Labute approximate surface area is 143 Å². The van der Waals surface area contributed by atoms with Crippen molar-refractivity contribution in [2.75, 3.05) is 18.5 Å². The van der Waals surface area contributed by atoms with E-state index in [1.165, 1.54) is 0 Å². The molecule has 1 heterocycles. The molecule has 24 heavy (non-hydrogen) atoms. The number of rotatable bonds is 8. The lowest BCUT2D eigenvalue weighted by Gasteiger charge is -2.28. The molecule has 2 rings (SSSR count). The van der Waals surface area contributed by atoms with Gasteiger partial charge in [-0.2, -0.15) is 0 Å². The van der Waals surface area contributed by atoms with Crippen LogP contribution in [0, 0.1) is 0 Å². The lowest BCUT2D eigenvalue weighted by atomic mass is 9.98. The van der Waals surface area contributed by atoms with Crippen molar-refractivity contribution >= 4 is 22.5 Å². The topological polar surface area (TPSA) is 60.5 Å². The van der Waals surface area contributed by atoms with Crippen LogP contribution in [-0.2, 0) is 9.53 Å². The number of pyridine rings is 1. The van der Waals surface area contributed by atoms with Crippen LogP contribution in [0.4, 0.5) is 5.69 Å². The number of amides is 1. The van der Waals surface area contributed by atoms with Crippen molar-refractivity contribution in [3.63, 3.8) is 0 Å². The van der Waals surface area contributed by atoms with Crippen LogP contribution in [0.2, 0.25) is 0 Å². The summed E-state index contributed by atoms with van der Waals surface area (Å²) in [5, 5.41) is 3.86. The van der Waals surface area contributed by atoms with Crippen LogP contribution < -0.4 is 10.1 Å². The number of nitrogens with one attached hydrogen (secondary N) is 1. The molecule has 0 fully saturated rings. The van der Waals surface area contributed by atoms with Gasteiger partial charge in [-0.15, -0.1) is 0 Å². The molecule has 0 spiro atoms. The molecule has 1 amide bonds. The molecule has 0 saturated carbocycles. The minimum atomic E-state index is -0.837. The SMILES string of the molecule is CCCC(C)(OCC)C(=O)Nc1ccc(OCC)c2ncccc12. The fourth-order valence-corrected chi connectivity index (χ4v) is 2.83. The standard InChI is InChI=1S/C19H26N2O3/c1-5-12-19(4,24-7-3)18(22)21-15-10-11-16(23-6-2)17-14(15)9-8-13-20-17/h8-11,13H,5-7,12H2,1-4H3,(H,21,22). The number of ether oxygens (including phenoxy) is 2. The summed E-state index contributed by atoms with van der Waals surface area (Å²) < 4.78 is 11.3. The Morgan fingerprint density at radius 2 is 2.00 bits per heavy atom. The van der Waals surface area contributed by atoms with Crippen LogP contribution >= 0.6 is 0 Å². The first-order valence-electron chi connectivity index (χ1n) is 8.51. The van der Waals surface area contributed by atoms with Gasteiger partial charge in [0.2, 0.25) is 0 Å². The van der Waals surface area contributed by atoms with Gasteiger partial charge < -0.3 is 14.8 Å². The van der Waals surface area contributed by atoms with Crippen LogP contribution in [0.5, 0.6) is 5.75 Å². The fraction of sp³-hybridized carbons (Fsp3) is 0.474. The summed E-state index contributed by atoms with van der Waals surface area (Å²) in [5.74, 6) is 0.577. The maximum atomic E-state index is 12.8. The fourth-order valence-electron chi connectivity index (χ4n) is 2.83. The number of carbonyl (C=O) groups is 1. The van der Waals surface area contributed by atoms with Gasteiger partial charge in [-0.05, 0) is 51.5 Å². The predicted octanol–water partition coefficient (Wildman–Crippen LogP) is 4.17. The zero-order valence-electron chi connectivity index (χ0n) is 14.9. The van der Waals surface area contributed by atoms with Gasteiger partial charge in [0.1, 0.15) is 16.9 Å². The van der Waals surface area contributed by atoms with Gasteiger partial charge in [0, 0.05) is 18.2 Å². The molecule has 1 aromatic carbocycles. The minimum Gasteiger partial charge on any atom is -0.492 e. The van der Waals surface area contributed by atoms with E-state index in [9.17, 15) is 4.79 Å². The second-order valence-corrected chi connectivity index (χ2v) is 5.81. The molecule has 0 aliphatic carbocycles. The summed E-state index contributed by atoms with van der Waals surface area (Å²) in [6, 6.07) is 7.47. The first kappa shape index (κ1) is 18.2. The summed E-state index contributed by atoms with van der Waals surface area (Å²) in [6.45, 7) is 8.77. The number of carbonyl (C=O) groups excluding carboxylic acids is 1. The van der Waals surface area contributed by atoms with Crippen LogP contribution in [0.15, 0.2) is 30.5 Å². The molecule has 0 radical (unpaired) electrons. The number of fused-ring (bicyclic) bond motifs is 1. The maximum Gasteiger partial charge on any atom is 0.256 e. The molecule has 1 atom stereocenters. The molecule has 0 aliphatic rings. The molecule has 1 unspecified atom stereocenters. The summed E-state index contributed by atoms with van der Waals surface area (Å²) in [6.07, 6.45) is 3.26. The van der Waals surface area contributed by atoms with E-state index in [1.54, 1.807) is 6.20 Å². The Hall–Kier alpha value is -2.14. The van der Waals surface area contributed by atoms with Gasteiger partial charge in [-0.25, -0.2) is 0 Å². The Bertz CT molecular complexity index is 694. The minimum absolute atomic E-state index is 0.138. The van der Waals surface area contributed by atoms with E-state index in [-0.39, 0.29) is 5.91 Å². The van der Waals surface area contributed by atoms with E-state index >= 15 is 0 Å². The smallest absolute Gasteiger partial charge is 0.256 e. The Balaban J connectivity index is 2.36. The molecule has 2 aromatic rings. The highest BCUT2D eigenvalue weighted by Gasteiger charge is 2.33. The van der Waals surface area contributed by atoms with Gasteiger partial charge in [-0.3, -0.25) is 9.78 Å². The molecule has 5 nitrogen and oxygen atoms in total. The number of nitrogens with zero attached hydrogens (tertiary/aromatic N) is 1. The average molecular weight is 330 g/mol. The van der Waals surface area contributed by atoms with E-state index in [0.29, 0.717) is 31.1 Å². The van der Waals surface area contributed by atoms with E-state index in [0.717, 1.165) is 17.3 Å². The molecular weight excluding hydrogens is 304 g/mol. The number of anilines is 1. The summed E-state index contributed by atoms with van der Waals surface area (Å²) in [5.41, 5.74) is 0.621. The van der Waals surface area contributed by atoms with Crippen LogP contribution in [0.3, 0.4) is 0 Å². The lowest BCUT2D eigenvalue weighted by molar-refractivity contribution is -0.139. The molecular formula is C19H26N2O3. The Morgan fingerprint density at radius 3 is 2.67 bits per heavy atom. The highest BCUT2D eigenvalue weighted by molar-refractivity contribution is 6.05. The first-order valence-corrected chi connectivity index (χ1v) is 8.51. The molecule has 0 bridgehead atoms. The monoisotopic (exact) mass is 330 g/mol. The van der Waals surface area contributed by atoms with Gasteiger partial charge in [0.25, 0.3) is 5.91 Å². The van der Waals surface area contributed by atoms with E-state index in [4.69, 9.17) is 9.47 Å². The third kappa shape index (κ3) is 3.85. The number of hydrogen-bond donors (Lipinski definition) is 1. The van der Waals surface area contributed by atoms with E-state index in [2.05, 4.69) is 10.3 Å². The second kappa shape index (κ2) is 8.11. The maximum absolute atomic E-state index is 12.8. The van der Waals surface area contributed by atoms with Gasteiger partial charge in [-0.1, -0.05) is 13.3 Å². The van der Waals surface area contributed by atoms with Crippen molar-refractivity contribution in [1.82, 2.24) is 4.98 Å². The zero-order chi connectivity index (χ0) is 17.6. The molecule has 130 valence electrons. The van der Waals surface area contributed by atoms with Crippen LogP contribution in [0.1, 0.15) is 40.5 Å². The quantitative estimate of drug-likeness (QED) is 0.789. The van der Waals surface area contributed by atoms with Gasteiger partial charge in [0.15, 0.2) is 0 Å². The van der Waals surface area contributed by atoms with Crippen molar-refractivity contribution < 1.29 is 14.3 Å². The molecule has 1 aromatic heterocycles. The third-order valence-electron chi connectivity index (χ3n) is 3.95. The number of aromatic nitrogens is 1. The summed E-state index contributed by atoms with van der Waals surface area (Å²) in [7, 11) is 0. The highest BCUT2D eigenvalue weighted by Crippen LogP contribution is 2.31. The lowest BCUT2D eigenvalue weighted by Crippen LogP contribution is -2.42. The molecule has 5 heteroatoms. The summed E-state index contributed by atoms with van der Waals surface area (Å²) in [4.78, 5) is 17.2. The Morgan fingerprint density at radius 1 is 1.21 bits per heavy atom. The van der Waals surface area contributed by atoms with Gasteiger partial charge >= 0.3 is 0 Å². The Kier molecular flexibility index (Phi) is 6.15. The molecule has 1 N–H and O–H groups in total. The highest BCUT2D eigenvalue weighted by atomic mass is 16.5. The molecule has 0 aliphatic heterocycles. The number of benzene rings is 1. The zero-order valence-corrected chi connectivity index (χ0v) is 14.9. The predicted molar refractivity (Wildman–Crippen MR) is 96.5 cm³/mol. The summed E-state index contributed by atoms with van der Waals surface area (Å²) >= 11 is 0. The van der Waals surface area contributed by atoms with Crippen LogP contribution in [0.25, 0.3) is 10.9 Å². The number of hydrogen-bond acceptors (Lipinski definition) is 4. The van der Waals surface area contributed by atoms with Gasteiger partial charge in [0.05, 0.1) is 12.3 Å². The average Bonchev–Trinajstić information content (AvgIpc) is 2.57. The van der Waals surface area contributed by atoms with Crippen molar-refractivity contribution in [2.45, 2.75) is 46.1 Å². The van der Waals surface area contributed by atoms with Crippen molar-refractivity contribution in [1.29, 1.82) is 0 Å². The normalized spacial score (nSPS) is 13.5. The molecule has 0 saturated heterocycles.